The molecule has 9 heteroatoms. The number of aromatic nitrogens is 3. The molecule has 2 saturated heterocycles. The number of nitrogens with zero attached hydrogens (tertiary/aromatic N) is 4. The minimum Gasteiger partial charge on any atom is -0.461 e. The summed E-state index contributed by atoms with van der Waals surface area (Å²) < 4.78 is 11.0. The average Bonchev–Trinajstić information content (AvgIpc) is 3.19. The zero-order chi connectivity index (χ0) is 17.2. The van der Waals surface area contributed by atoms with E-state index in [1.54, 1.807) is 12.3 Å². The lowest BCUT2D eigenvalue weighted by molar-refractivity contribution is -0.131. The first-order valence-electron chi connectivity index (χ1n) is 8.34. The number of furan rings is 1. The van der Waals surface area contributed by atoms with Crippen molar-refractivity contribution in [1.82, 2.24) is 25.0 Å². The van der Waals surface area contributed by atoms with Crippen molar-refractivity contribution in [2.45, 2.75) is 11.2 Å². The number of hydrogen-bond donors (Lipinski definition) is 1. The third kappa shape index (κ3) is 3.73. The van der Waals surface area contributed by atoms with Crippen LogP contribution in [0.4, 0.5) is 0 Å². The predicted molar refractivity (Wildman–Crippen MR) is 92.1 cm³/mol. The summed E-state index contributed by atoms with van der Waals surface area (Å²) in [5.41, 5.74) is 0. The number of rotatable bonds is 4. The maximum absolute atomic E-state index is 12.8. The molecule has 2 aromatic rings. The van der Waals surface area contributed by atoms with E-state index in [1.165, 1.54) is 11.8 Å². The Labute approximate surface area is 149 Å². The standard InChI is InChI=1S/C16H21N5O3S/c1-20-5-11-6-21(12(7-20)9-23-8-11)14(22)10-25-16-17-15(18-19-16)13-3-2-4-24-13/h2-4,11-12H,5-10H2,1H3,(H,17,18,19)/t11-,12-/m0/s1. The molecule has 0 radical (unpaired) electrons. The lowest BCUT2D eigenvalue weighted by Crippen LogP contribution is -2.46. The van der Waals surface area contributed by atoms with E-state index in [9.17, 15) is 4.79 Å². The highest BCUT2D eigenvalue weighted by Gasteiger charge is 2.34. The summed E-state index contributed by atoms with van der Waals surface area (Å²) in [7, 11) is 2.11. The monoisotopic (exact) mass is 363 g/mol. The normalized spacial score (nSPS) is 24.3. The molecule has 0 spiro atoms. The van der Waals surface area contributed by atoms with E-state index in [0.717, 1.165) is 26.2 Å². The van der Waals surface area contributed by atoms with E-state index >= 15 is 0 Å². The van der Waals surface area contributed by atoms with E-state index in [1.807, 2.05) is 11.0 Å². The molecule has 4 heterocycles. The summed E-state index contributed by atoms with van der Waals surface area (Å²) in [5.74, 6) is 2.01. The summed E-state index contributed by atoms with van der Waals surface area (Å²) in [5, 5.41) is 7.53. The molecule has 2 aromatic heterocycles. The van der Waals surface area contributed by atoms with Crippen LogP contribution in [0, 0.1) is 5.92 Å². The topological polar surface area (TPSA) is 87.5 Å². The third-order valence-corrected chi connectivity index (χ3v) is 5.35. The number of thioether (sulfide) groups is 1. The van der Waals surface area contributed by atoms with Crippen molar-refractivity contribution >= 4 is 17.7 Å². The second kappa shape index (κ2) is 7.19. The molecule has 2 aliphatic rings. The predicted octanol–water partition coefficient (Wildman–Crippen LogP) is 0.946. The van der Waals surface area contributed by atoms with E-state index < -0.39 is 0 Å². The summed E-state index contributed by atoms with van der Waals surface area (Å²) in [6.45, 7) is 3.93. The first-order valence-corrected chi connectivity index (χ1v) is 9.32. The Bertz CT molecular complexity index is 719. The number of likely N-dealkylation sites (N-methyl/N-ethyl adjacent to an activating group) is 1. The molecule has 0 unspecified atom stereocenters. The summed E-state index contributed by atoms with van der Waals surface area (Å²) in [6.07, 6.45) is 1.59. The second-order valence-corrected chi connectivity index (χ2v) is 7.50. The van der Waals surface area contributed by atoms with Gasteiger partial charge in [-0.3, -0.25) is 9.89 Å². The van der Waals surface area contributed by atoms with Crippen molar-refractivity contribution in [3.63, 3.8) is 0 Å². The lowest BCUT2D eigenvalue weighted by atomic mass is 10.1. The zero-order valence-electron chi connectivity index (χ0n) is 14.1. The van der Waals surface area contributed by atoms with Crippen molar-refractivity contribution in [1.29, 1.82) is 0 Å². The molecule has 1 amide bonds. The Morgan fingerprint density at radius 1 is 1.40 bits per heavy atom. The average molecular weight is 363 g/mol. The van der Waals surface area contributed by atoms with Gasteiger partial charge in [-0.25, -0.2) is 0 Å². The molecular weight excluding hydrogens is 342 g/mol. The number of fused-ring (bicyclic) bond motifs is 3. The molecule has 0 aliphatic carbocycles. The van der Waals surface area contributed by atoms with E-state index in [0.29, 0.717) is 35.0 Å². The summed E-state index contributed by atoms with van der Waals surface area (Å²) in [6, 6.07) is 3.73. The van der Waals surface area contributed by atoms with E-state index in [2.05, 4.69) is 27.1 Å². The fourth-order valence-corrected chi connectivity index (χ4v) is 4.11. The Morgan fingerprint density at radius 3 is 3.16 bits per heavy atom. The quantitative estimate of drug-likeness (QED) is 0.809. The van der Waals surface area contributed by atoms with Gasteiger partial charge in [0, 0.05) is 25.6 Å². The first-order chi connectivity index (χ1) is 12.2. The second-order valence-electron chi connectivity index (χ2n) is 6.56. The molecule has 2 fully saturated rings. The van der Waals surface area contributed by atoms with Crippen molar-refractivity contribution in [2.75, 3.05) is 45.6 Å². The van der Waals surface area contributed by atoms with Gasteiger partial charge in [0.15, 0.2) is 11.6 Å². The van der Waals surface area contributed by atoms with Gasteiger partial charge in [-0.1, -0.05) is 11.8 Å². The molecular formula is C16H21N5O3S. The Morgan fingerprint density at radius 2 is 2.32 bits per heavy atom. The molecule has 134 valence electrons. The van der Waals surface area contributed by atoms with Crippen molar-refractivity contribution < 1.29 is 13.9 Å². The number of aromatic amines is 1. The largest absolute Gasteiger partial charge is 0.461 e. The molecule has 1 N–H and O–H groups in total. The molecule has 4 rings (SSSR count). The van der Waals surface area contributed by atoms with Gasteiger partial charge in [0.2, 0.25) is 11.1 Å². The van der Waals surface area contributed by atoms with Gasteiger partial charge in [0.1, 0.15) is 0 Å². The van der Waals surface area contributed by atoms with Crippen LogP contribution in [0.15, 0.2) is 28.0 Å². The van der Waals surface area contributed by atoms with Crippen LogP contribution in [0.25, 0.3) is 11.6 Å². The van der Waals surface area contributed by atoms with Gasteiger partial charge in [-0.05, 0) is 19.2 Å². The van der Waals surface area contributed by atoms with Crippen LogP contribution in [0.3, 0.4) is 0 Å². The molecule has 2 aliphatic heterocycles. The van der Waals surface area contributed by atoms with Gasteiger partial charge in [-0.15, -0.1) is 5.10 Å². The van der Waals surface area contributed by atoms with Gasteiger partial charge in [0.05, 0.1) is 31.3 Å². The van der Waals surface area contributed by atoms with Crippen LogP contribution < -0.4 is 0 Å². The van der Waals surface area contributed by atoms with E-state index in [4.69, 9.17) is 9.15 Å². The van der Waals surface area contributed by atoms with Gasteiger partial charge < -0.3 is 19.0 Å². The van der Waals surface area contributed by atoms with E-state index in [-0.39, 0.29) is 11.9 Å². The fourth-order valence-electron chi connectivity index (χ4n) is 3.43. The molecule has 2 bridgehead atoms. The molecule has 0 saturated carbocycles. The highest BCUT2D eigenvalue weighted by Crippen LogP contribution is 2.23. The molecule has 8 nitrogen and oxygen atoms in total. The van der Waals surface area contributed by atoms with Crippen LogP contribution in [-0.4, -0.2) is 82.6 Å². The highest BCUT2D eigenvalue weighted by atomic mass is 32.2. The van der Waals surface area contributed by atoms with Crippen LogP contribution in [0.2, 0.25) is 0 Å². The molecule has 2 atom stereocenters. The number of carbonyl (C=O) groups excluding carboxylic acids is 1. The summed E-state index contributed by atoms with van der Waals surface area (Å²) >= 11 is 1.34. The Balaban J connectivity index is 1.39. The number of carbonyl (C=O) groups is 1. The maximum Gasteiger partial charge on any atom is 0.233 e. The van der Waals surface area contributed by atoms with Gasteiger partial charge >= 0.3 is 0 Å². The number of nitrogens with one attached hydrogen (secondary N) is 1. The lowest BCUT2D eigenvalue weighted by Gasteiger charge is -2.29. The summed E-state index contributed by atoms with van der Waals surface area (Å²) in [4.78, 5) is 21.4. The number of amides is 1. The van der Waals surface area contributed by atoms with Crippen LogP contribution in [0.5, 0.6) is 0 Å². The zero-order valence-corrected chi connectivity index (χ0v) is 14.9. The molecule has 0 aromatic carbocycles. The number of hydrogen-bond acceptors (Lipinski definition) is 7. The van der Waals surface area contributed by atoms with Crippen LogP contribution in [-0.2, 0) is 9.53 Å². The van der Waals surface area contributed by atoms with Crippen molar-refractivity contribution in [2.24, 2.45) is 5.92 Å². The molecule has 25 heavy (non-hydrogen) atoms. The highest BCUT2D eigenvalue weighted by molar-refractivity contribution is 7.99. The smallest absolute Gasteiger partial charge is 0.233 e. The maximum atomic E-state index is 12.8. The SMILES string of the molecule is CN1C[C@@H]2COC[C@H](C1)N(C(=O)CSc1n[nH]c(-c3ccco3)n1)C2. The minimum absolute atomic E-state index is 0.116. The Kier molecular flexibility index (Phi) is 4.78. The van der Waals surface area contributed by atoms with Crippen LogP contribution in [0.1, 0.15) is 0 Å². The number of H-pyrrole nitrogens is 1. The van der Waals surface area contributed by atoms with Gasteiger partial charge in [0.25, 0.3) is 0 Å². The number of ether oxygens (including phenoxy) is 1. The van der Waals surface area contributed by atoms with Crippen molar-refractivity contribution in [3.05, 3.63) is 18.4 Å². The van der Waals surface area contributed by atoms with Crippen LogP contribution >= 0.6 is 11.8 Å². The third-order valence-electron chi connectivity index (χ3n) is 4.52. The fraction of sp³-hybridized carbons (Fsp3) is 0.562. The Hall–Kier alpha value is -1.84. The minimum atomic E-state index is 0.116. The first kappa shape index (κ1) is 16.6. The van der Waals surface area contributed by atoms with Gasteiger partial charge in [-0.2, -0.15) is 4.98 Å². The van der Waals surface area contributed by atoms with Crippen molar-refractivity contribution in [3.8, 4) is 11.6 Å².